The number of methoxy groups -OCH3 is 1. The Morgan fingerprint density at radius 1 is 1.59 bits per heavy atom. The molecule has 3 heterocycles. The van der Waals surface area contributed by atoms with E-state index in [-0.39, 0.29) is 18.5 Å². The molecule has 9 heteroatoms. The van der Waals surface area contributed by atoms with Gasteiger partial charge in [-0.05, 0) is 21.9 Å². The fourth-order valence-corrected chi connectivity index (χ4v) is 3.08. The van der Waals surface area contributed by atoms with Gasteiger partial charge >= 0.3 is 0 Å². The number of thiophene rings is 1. The molecule has 0 aliphatic carbocycles. The minimum Gasteiger partial charge on any atom is -0.382 e. The minimum absolute atomic E-state index is 0.0332. The molecule has 0 saturated carbocycles. The molecule has 1 aliphatic rings. The van der Waals surface area contributed by atoms with Crippen molar-refractivity contribution >= 4 is 17.2 Å². The van der Waals surface area contributed by atoms with E-state index >= 15 is 0 Å². The second-order valence-corrected chi connectivity index (χ2v) is 5.72. The summed E-state index contributed by atoms with van der Waals surface area (Å²) < 4.78 is 12.1. The zero-order chi connectivity index (χ0) is 15.4. The van der Waals surface area contributed by atoms with E-state index in [9.17, 15) is 4.79 Å². The SMILES string of the molecule is COCC1COCCN1C(=O)Cn1nnnc1-c1ccsc1. The van der Waals surface area contributed by atoms with Crippen molar-refractivity contribution in [3.63, 3.8) is 0 Å². The van der Waals surface area contributed by atoms with Crippen LogP contribution in [-0.2, 0) is 20.8 Å². The Labute approximate surface area is 131 Å². The predicted molar refractivity (Wildman–Crippen MR) is 79.3 cm³/mol. The summed E-state index contributed by atoms with van der Waals surface area (Å²) in [6.45, 7) is 2.16. The standard InChI is InChI=1S/C13H17N5O3S/c1-20-7-11-8-21-4-3-17(11)12(19)6-18-13(14-15-16-18)10-2-5-22-9-10/h2,5,9,11H,3-4,6-8H2,1H3. The molecule has 1 aliphatic heterocycles. The van der Waals surface area contributed by atoms with Gasteiger partial charge in [0.15, 0.2) is 5.82 Å². The lowest BCUT2D eigenvalue weighted by Crippen LogP contribution is -2.51. The molecular weight excluding hydrogens is 306 g/mol. The number of amides is 1. The lowest BCUT2D eigenvalue weighted by Gasteiger charge is -2.35. The molecule has 22 heavy (non-hydrogen) atoms. The van der Waals surface area contributed by atoms with E-state index < -0.39 is 0 Å². The van der Waals surface area contributed by atoms with Crippen LogP contribution in [-0.4, -0.2) is 70.5 Å². The smallest absolute Gasteiger partial charge is 0.244 e. The van der Waals surface area contributed by atoms with Gasteiger partial charge in [0.1, 0.15) is 6.54 Å². The van der Waals surface area contributed by atoms with Gasteiger partial charge in [0.05, 0.1) is 25.9 Å². The summed E-state index contributed by atoms with van der Waals surface area (Å²) in [5, 5.41) is 15.5. The van der Waals surface area contributed by atoms with Gasteiger partial charge in [0.25, 0.3) is 0 Å². The summed E-state index contributed by atoms with van der Waals surface area (Å²) in [5.41, 5.74) is 0.915. The van der Waals surface area contributed by atoms with Crippen LogP contribution < -0.4 is 0 Å². The number of rotatable bonds is 5. The highest BCUT2D eigenvalue weighted by Crippen LogP contribution is 2.19. The van der Waals surface area contributed by atoms with Crippen molar-refractivity contribution in [1.29, 1.82) is 0 Å². The average Bonchev–Trinajstić information content (AvgIpc) is 3.18. The Kier molecular flexibility index (Phi) is 4.76. The fourth-order valence-electron chi connectivity index (χ4n) is 2.44. The maximum absolute atomic E-state index is 12.6. The van der Waals surface area contributed by atoms with Crippen LogP contribution in [0, 0.1) is 0 Å². The van der Waals surface area contributed by atoms with Crippen molar-refractivity contribution in [3.8, 4) is 11.4 Å². The van der Waals surface area contributed by atoms with Gasteiger partial charge in [0, 0.05) is 24.6 Å². The van der Waals surface area contributed by atoms with Crippen LogP contribution in [0.1, 0.15) is 0 Å². The van der Waals surface area contributed by atoms with Gasteiger partial charge in [-0.2, -0.15) is 11.3 Å². The normalized spacial score (nSPS) is 18.6. The number of morpholine rings is 1. The number of carbonyl (C=O) groups excluding carboxylic acids is 1. The molecule has 0 N–H and O–H groups in total. The van der Waals surface area contributed by atoms with Crippen LogP contribution in [0.2, 0.25) is 0 Å². The number of aromatic nitrogens is 4. The first-order chi connectivity index (χ1) is 10.8. The monoisotopic (exact) mass is 323 g/mol. The van der Waals surface area contributed by atoms with E-state index in [1.807, 2.05) is 16.8 Å². The second kappa shape index (κ2) is 6.95. The van der Waals surface area contributed by atoms with Crippen molar-refractivity contribution < 1.29 is 14.3 Å². The van der Waals surface area contributed by atoms with Crippen molar-refractivity contribution in [2.24, 2.45) is 0 Å². The summed E-state index contributed by atoms with van der Waals surface area (Å²) in [6.07, 6.45) is 0. The number of carbonyl (C=O) groups is 1. The zero-order valence-electron chi connectivity index (χ0n) is 12.2. The molecule has 0 radical (unpaired) electrons. The van der Waals surface area contributed by atoms with Gasteiger partial charge < -0.3 is 14.4 Å². The van der Waals surface area contributed by atoms with Crippen molar-refractivity contribution in [3.05, 3.63) is 16.8 Å². The first kappa shape index (κ1) is 15.1. The lowest BCUT2D eigenvalue weighted by molar-refractivity contribution is -0.142. The highest BCUT2D eigenvalue weighted by molar-refractivity contribution is 7.08. The van der Waals surface area contributed by atoms with Crippen LogP contribution in [0.5, 0.6) is 0 Å². The number of hydrogen-bond donors (Lipinski definition) is 0. The molecule has 1 fully saturated rings. The topological polar surface area (TPSA) is 82.4 Å². The number of ether oxygens (including phenoxy) is 2. The zero-order valence-corrected chi connectivity index (χ0v) is 13.0. The fraction of sp³-hybridized carbons (Fsp3) is 0.538. The van der Waals surface area contributed by atoms with Gasteiger partial charge in [-0.15, -0.1) is 5.10 Å². The molecular formula is C13H17N5O3S. The van der Waals surface area contributed by atoms with Crippen LogP contribution in [0.4, 0.5) is 0 Å². The Morgan fingerprint density at radius 3 is 3.27 bits per heavy atom. The highest BCUT2D eigenvalue weighted by atomic mass is 32.1. The highest BCUT2D eigenvalue weighted by Gasteiger charge is 2.28. The predicted octanol–water partition coefficient (Wildman–Crippen LogP) is 0.275. The molecule has 1 atom stereocenters. The first-order valence-electron chi connectivity index (χ1n) is 6.94. The number of hydrogen-bond acceptors (Lipinski definition) is 7. The largest absolute Gasteiger partial charge is 0.382 e. The molecule has 1 unspecified atom stereocenters. The van der Waals surface area contributed by atoms with Gasteiger partial charge in [-0.3, -0.25) is 4.79 Å². The molecule has 2 aromatic heterocycles. The summed E-state index contributed by atoms with van der Waals surface area (Å²) >= 11 is 1.56. The Bertz CT molecular complexity index is 613. The molecule has 2 aromatic rings. The Balaban J connectivity index is 1.73. The van der Waals surface area contributed by atoms with Crippen LogP contribution in [0.25, 0.3) is 11.4 Å². The quantitative estimate of drug-likeness (QED) is 0.786. The maximum Gasteiger partial charge on any atom is 0.244 e. The van der Waals surface area contributed by atoms with Crippen molar-refractivity contribution in [1.82, 2.24) is 25.1 Å². The van der Waals surface area contributed by atoms with Gasteiger partial charge in [-0.25, -0.2) is 4.68 Å². The second-order valence-electron chi connectivity index (χ2n) is 4.94. The minimum atomic E-state index is -0.0627. The van der Waals surface area contributed by atoms with Crippen LogP contribution >= 0.6 is 11.3 Å². The third kappa shape index (κ3) is 3.16. The van der Waals surface area contributed by atoms with Crippen molar-refractivity contribution in [2.75, 3.05) is 33.5 Å². The average molecular weight is 323 g/mol. The maximum atomic E-state index is 12.6. The summed E-state index contributed by atoms with van der Waals surface area (Å²) in [4.78, 5) is 14.4. The Hall–Kier alpha value is -1.84. The van der Waals surface area contributed by atoms with Gasteiger partial charge in [-0.1, -0.05) is 0 Å². The molecule has 118 valence electrons. The summed E-state index contributed by atoms with van der Waals surface area (Å²) in [6, 6.07) is 1.87. The number of tetrazole rings is 1. The Morgan fingerprint density at radius 2 is 2.50 bits per heavy atom. The molecule has 8 nitrogen and oxygen atoms in total. The molecule has 0 aromatic carbocycles. The number of nitrogens with zero attached hydrogens (tertiary/aromatic N) is 5. The lowest BCUT2D eigenvalue weighted by atomic mass is 10.2. The molecule has 0 spiro atoms. The third-order valence-electron chi connectivity index (χ3n) is 3.50. The van der Waals surface area contributed by atoms with Crippen LogP contribution in [0.15, 0.2) is 16.8 Å². The summed E-state index contributed by atoms with van der Waals surface area (Å²) in [7, 11) is 1.62. The van der Waals surface area contributed by atoms with E-state index in [0.717, 1.165) is 5.56 Å². The van der Waals surface area contributed by atoms with Gasteiger partial charge in [0.2, 0.25) is 5.91 Å². The molecule has 1 amide bonds. The van der Waals surface area contributed by atoms with E-state index in [0.29, 0.717) is 32.2 Å². The van der Waals surface area contributed by atoms with E-state index in [1.165, 1.54) is 4.68 Å². The van der Waals surface area contributed by atoms with E-state index in [2.05, 4.69) is 15.5 Å². The van der Waals surface area contributed by atoms with Crippen LogP contribution in [0.3, 0.4) is 0 Å². The van der Waals surface area contributed by atoms with Crippen molar-refractivity contribution in [2.45, 2.75) is 12.6 Å². The molecule has 3 rings (SSSR count). The van der Waals surface area contributed by atoms with E-state index in [1.54, 1.807) is 23.3 Å². The molecule has 1 saturated heterocycles. The third-order valence-corrected chi connectivity index (χ3v) is 4.19. The summed E-state index contributed by atoms with van der Waals surface area (Å²) in [5.74, 6) is 0.570. The first-order valence-corrected chi connectivity index (χ1v) is 7.88. The molecule has 0 bridgehead atoms. The van der Waals surface area contributed by atoms with E-state index in [4.69, 9.17) is 9.47 Å².